The third-order valence-corrected chi connectivity index (χ3v) is 12.2. The van der Waals surface area contributed by atoms with Crippen molar-refractivity contribution in [1.82, 2.24) is 0 Å². The zero-order valence-electron chi connectivity index (χ0n) is 14.3. The molecule has 0 heterocycles. The van der Waals surface area contributed by atoms with E-state index in [9.17, 15) is 0 Å². The molecule has 0 aliphatic rings. The van der Waals surface area contributed by atoms with E-state index in [1.165, 1.54) is 8.79 Å². The van der Waals surface area contributed by atoms with Crippen LogP contribution in [0.1, 0.15) is 23.5 Å². The van der Waals surface area contributed by atoms with Crippen molar-refractivity contribution in [2.24, 2.45) is 5.41 Å². The van der Waals surface area contributed by atoms with E-state index in [4.69, 9.17) is 2.74 Å². The number of benzene rings is 2. The summed E-state index contributed by atoms with van der Waals surface area (Å²) in [5.74, 6) is 2.20. The SMILES string of the molecule is [2H][C]([2H])(C(C)(C)C)[Ge]([CH3])([c]1ccccc1)[c]1ccccc1. The normalized spacial score (nSPS) is 14.7. The zero-order chi connectivity index (χ0) is 15.7. The molecule has 2 aromatic carbocycles. The van der Waals surface area contributed by atoms with Crippen LogP contribution in [0.3, 0.4) is 0 Å². The molecule has 1 heteroatoms. The Bertz CT molecular complexity index is 546. The summed E-state index contributed by atoms with van der Waals surface area (Å²) in [6.45, 7) is 6.05. The second-order valence-corrected chi connectivity index (χ2v) is 13.9. The molecule has 0 fully saturated rings. The van der Waals surface area contributed by atoms with Gasteiger partial charge in [-0.2, -0.15) is 0 Å². The Kier molecular flexibility index (Phi) is 3.44. The van der Waals surface area contributed by atoms with Crippen LogP contribution < -0.4 is 8.79 Å². The van der Waals surface area contributed by atoms with Crippen LogP contribution >= 0.6 is 0 Å². The van der Waals surface area contributed by atoms with Gasteiger partial charge in [0.05, 0.1) is 0 Å². The summed E-state index contributed by atoms with van der Waals surface area (Å²) in [4.78, 5) is 0. The molecule has 0 atom stereocenters. The molecule has 0 nitrogen and oxygen atoms in total. The van der Waals surface area contributed by atoms with Gasteiger partial charge in [-0.3, -0.25) is 0 Å². The first-order valence-corrected chi connectivity index (χ1v) is 12.1. The number of hydrogen-bond donors (Lipinski definition) is 0. The summed E-state index contributed by atoms with van der Waals surface area (Å²) >= 11 is -3.17. The van der Waals surface area contributed by atoms with Crippen LogP contribution in [0.4, 0.5) is 0 Å². The molecule has 0 aliphatic carbocycles. The Morgan fingerprint density at radius 3 is 1.53 bits per heavy atom. The van der Waals surface area contributed by atoms with Crippen molar-refractivity contribution >= 4 is 22.1 Å². The quantitative estimate of drug-likeness (QED) is 0.753. The molecule has 0 bridgehead atoms. The third kappa shape index (κ3) is 3.50. The summed E-state index contributed by atoms with van der Waals surface area (Å²) < 4.78 is 20.3. The van der Waals surface area contributed by atoms with Gasteiger partial charge in [0.2, 0.25) is 0 Å². The van der Waals surface area contributed by atoms with Crippen molar-refractivity contribution in [3.8, 4) is 0 Å². The predicted molar refractivity (Wildman–Crippen MR) is 88.0 cm³/mol. The molecule has 0 saturated heterocycles. The van der Waals surface area contributed by atoms with E-state index in [-0.39, 0.29) is 0 Å². The maximum absolute atomic E-state index is 8.96. The summed E-state index contributed by atoms with van der Waals surface area (Å²) in [5.41, 5.74) is -0.395. The molecule has 19 heavy (non-hydrogen) atoms. The molecule has 0 unspecified atom stereocenters. The molecular weight excluding hydrogens is 289 g/mol. The van der Waals surface area contributed by atoms with E-state index >= 15 is 0 Å². The minimum atomic E-state index is -3.17. The van der Waals surface area contributed by atoms with Gasteiger partial charge in [-0.25, -0.2) is 0 Å². The Labute approximate surface area is 123 Å². The van der Waals surface area contributed by atoms with E-state index in [1.807, 2.05) is 57.2 Å². The van der Waals surface area contributed by atoms with E-state index in [0.29, 0.717) is 0 Å². The molecule has 2 rings (SSSR count). The van der Waals surface area contributed by atoms with E-state index in [1.54, 1.807) is 0 Å². The summed E-state index contributed by atoms with van der Waals surface area (Å²) in [5, 5.41) is -1.21. The van der Waals surface area contributed by atoms with Gasteiger partial charge in [0.1, 0.15) is 0 Å². The average molecular weight is 315 g/mol. The van der Waals surface area contributed by atoms with Gasteiger partial charge < -0.3 is 0 Å². The van der Waals surface area contributed by atoms with Crippen LogP contribution in [0.25, 0.3) is 0 Å². The van der Waals surface area contributed by atoms with Crippen molar-refractivity contribution in [2.45, 2.75) is 31.7 Å². The molecule has 2 aromatic rings. The van der Waals surface area contributed by atoms with Crippen molar-refractivity contribution in [3.05, 3.63) is 60.7 Å². The first-order chi connectivity index (χ1) is 9.71. The maximum atomic E-state index is 8.96. The van der Waals surface area contributed by atoms with Gasteiger partial charge in [0, 0.05) is 0 Å². The van der Waals surface area contributed by atoms with Crippen LogP contribution in [0.5, 0.6) is 0 Å². The Morgan fingerprint density at radius 2 is 1.21 bits per heavy atom. The van der Waals surface area contributed by atoms with E-state index in [2.05, 4.69) is 30.0 Å². The molecule has 0 aromatic heterocycles. The fourth-order valence-corrected chi connectivity index (χ4v) is 10.7. The first-order valence-electron chi connectivity index (χ1n) is 7.82. The first kappa shape index (κ1) is 11.8. The van der Waals surface area contributed by atoms with Gasteiger partial charge in [0.25, 0.3) is 0 Å². The average Bonchev–Trinajstić information content (AvgIpc) is 2.47. The van der Waals surface area contributed by atoms with Gasteiger partial charge in [-0.05, 0) is 0 Å². The van der Waals surface area contributed by atoms with Crippen LogP contribution in [0, 0.1) is 5.41 Å². The molecule has 0 aliphatic heterocycles. The second kappa shape index (κ2) is 5.54. The van der Waals surface area contributed by atoms with Crippen molar-refractivity contribution in [2.75, 3.05) is 0 Å². The molecular formula is C18H24Ge. The van der Waals surface area contributed by atoms with Gasteiger partial charge in [-0.1, -0.05) is 0 Å². The Hall–Kier alpha value is -1.02. The monoisotopic (exact) mass is 316 g/mol. The van der Waals surface area contributed by atoms with Gasteiger partial charge in [-0.15, -0.1) is 0 Å². The summed E-state index contributed by atoms with van der Waals surface area (Å²) in [6, 6.07) is 20.6. The molecule has 100 valence electrons. The minimum absolute atomic E-state index is 0.395. The number of rotatable bonds is 3. The van der Waals surface area contributed by atoms with Gasteiger partial charge in [0.15, 0.2) is 0 Å². The van der Waals surface area contributed by atoms with Gasteiger partial charge >= 0.3 is 123 Å². The number of hydrogen-bond acceptors (Lipinski definition) is 0. The standard InChI is InChI=1S/C18H24Ge/c1-18(2,3)15-19(4,16-11-7-5-8-12-16)17-13-9-6-10-14-17/h5-14H,15H2,1-4H3/i15D2. The summed E-state index contributed by atoms with van der Waals surface area (Å²) in [6.07, 6.45) is 0. The Balaban J connectivity index is 2.73. The van der Waals surface area contributed by atoms with Crippen LogP contribution in [0.2, 0.25) is 11.0 Å². The predicted octanol–water partition coefficient (Wildman–Crippen LogP) is 3.93. The van der Waals surface area contributed by atoms with Crippen LogP contribution in [0.15, 0.2) is 60.7 Å². The van der Waals surface area contributed by atoms with Crippen molar-refractivity contribution < 1.29 is 2.74 Å². The third-order valence-electron chi connectivity index (χ3n) is 3.33. The molecule has 0 radical (unpaired) electrons. The molecule has 0 spiro atoms. The summed E-state index contributed by atoms with van der Waals surface area (Å²) in [7, 11) is 0. The molecule has 0 saturated carbocycles. The topological polar surface area (TPSA) is 0 Å². The van der Waals surface area contributed by atoms with Crippen LogP contribution in [-0.2, 0) is 0 Å². The Morgan fingerprint density at radius 1 is 0.842 bits per heavy atom. The molecule has 0 N–H and O–H groups in total. The van der Waals surface area contributed by atoms with Crippen molar-refractivity contribution in [1.29, 1.82) is 0 Å². The van der Waals surface area contributed by atoms with Crippen molar-refractivity contribution in [3.63, 3.8) is 0 Å². The van der Waals surface area contributed by atoms with E-state index < -0.39 is 23.9 Å². The fraction of sp³-hybridized carbons (Fsp3) is 0.333. The van der Waals surface area contributed by atoms with Crippen LogP contribution in [-0.4, -0.2) is 13.3 Å². The zero-order valence-corrected chi connectivity index (χ0v) is 14.4. The molecule has 0 amide bonds. The second-order valence-electron chi connectivity index (χ2n) is 6.23. The van der Waals surface area contributed by atoms with E-state index in [0.717, 1.165) is 0 Å². The fourth-order valence-electron chi connectivity index (χ4n) is 2.60.